The Labute approximate surface area is 129 Å². The van der Waals surface area contributed by atoms with E-state index in [0.29, 0.717) is 6.42 Å². The Bertz CT molecular complexity index is 699. The van der Waals surface area contributed by atoms with Crippen LogP contribution in [0.25, 0.3) is 0 Å². The first-order valence-electron chi connectivity index (χ1n) is 7.34. The van der Waals surface area contributed by atoms with Gasteiger partial charge in [-0.3, -0.25) is 4.79 Å². The largest absolute Gasteiger partial charge is 0.333 e. The number of carbonyl (C=O) groups excluding carboxylic acids is 1. The molecule has 2 aliphatic rings. The molecule has 106 valence electrons. The molecule has 0 aromatic heterocycles. The number of hydrogen-bond acceptors (Lipinski definition) is 1. The fourth-order valence-corrected chi connectivity index (χ4v) is 4.41. The quantitative estimate of drug-likeness (QED) is 0.630. The summed E-state index contributed by atoms with van der Waals surface area (Å²) in [7, 11) is 0. The van der Waals surface area contributed by atoms with E-state index in [2.05, 4.69) is 35.6 Å². The number of alkyl halides is 1. The third-order valence-electron chi connectivity index (χ3n) is 4.76. The monoisotopic (exact) mass is 297 g/mol. The van der Waals surface area contributed by atoms with Gasteiger partial charge in [-0.25, -0.2) is 0 Å². The van der Waals surface area contributed by atoms with Gasteiger partial charge in [-0.15, -0.1) is 0 Å². The lowest BCUT2D eigenvalue weighted by molar-refractivity contribution is -0.125. The first-order valence-corrected chi connectivity index (χ1v) is 7.72. The molecule has 2 aromatic rings. The second-order valence-corrected chi connectivity index (χ2v) is 6.48. The molecule has 3 unspecified atom stereocenters. The fourth-order valence-electron chi connectivity index (χ4n) is 3.90. The Morgan fingerprint density at radius 3 is 2.57 bits per heavy atom. The fraction of sp³-hybridized carbons (Fsp3) is 0.278. The van der Waals surface area contributed by atoms with Crippen molar-refractivity contribution in [3.63, 3.8) is 0 Å². The van der Waals surface area contributed by atoms with Crippen LogP contribution in [0.4, 0.5) is 0 Å². The maximum atomic E-state index is 11.9. The molecule has 0 radical (unpaired) electrons. The number of hydrogen-bond donors (Lipinski definition) is 1. The highest BCUT2D eigenvalue weighted by Gasteiger charge is 2.54. The molecule has 21 heavy (non-hydrogen) atoms. The van der Waals surface area contributed by atoms with Gasteiger partial charge in [-0.2, -0.15) is 0 Å². The molecule has 1 aliphatic carbocycles. The van der Waals surface area contributed by atoms with Crippen LogP contribution in [0.1, 0.15) is 35.4 Å². The molecule has 1 N–H and O–H groups in total. The van der Waals surface area contributed by atoms with Crippen molar-refractivity contribution < 1.29 is 4.79 Å². The number of piperidine rings is 1. The summed E-state index contributed by atoms with van der Waals surface area (Å²) < 4.78 is 0. The first-order chi connectivity index (χ1) is 10.2. The lowest BCUT2D eigenvalue weighted by Crippen LogP contribution is -2.49. The molecule has 3 atom stereocenters. The maximum absolute atomic E-state index is 11.9. The number of benzene rings is 2. The molecule has 3 heteroatoms. The van der Waals surface area contributed by atoms with Gasteiger partial charge in [0.1, 0.15) is 5.00 Å². The minimum atomic E-state index is -0.758. The highest BCUT2D eigenvalue weighted by Crippen LogP contribution is 2.57. The molecule has 1 amide bonds. The molecule has 2 nitrogen and oxygen atoms in total. The van der Waals surface area contributed by atoms with Crippen molar-refractivity contribution in [2.24, 2.45) is 5.92 Å². The van der Waals surface area contributed by atoms with Crippen molar-refractivity contribution in [1.82, 2.24) is 5.32 Å². The zero-order valence-electron chi connectivity index (χ0n) is 11.6. The SMILES string of the molecule is O=C1CCC2C(c3ccccc3)c3ccccc3C2(Cl)N1. The van der Waals surface area contributed by atoms with E-state index in [-0.39, 0.29) is 17.7 Å². The Morgan fingerprint density at radius 2 is 1.76 bits per heavy atom. The summed E-state index contributed by atoms with van der Waals surface area (Å²) in [6.45, 7) is 0. The highest BCUT2D eigenvalue weighted by molar-refractivity contribution is 6.25. The van der Waals surface area contributed by atoms with E-state index >= 15 is 0 Å². The highest BCUT2D eigenvalue weighted by atomic mass is 35.5. The molecule has 1 aliphatic heterocycles. The predicted molar refractivity (Wildman–Crippen MR) is 83.1 cm³/mol. The summed E-state index contributed by atoms with van der Waals surface area (Å²) in [4.78, 5) is 11.1. The second-order valence-electron chi connectivity index (χ2n) is 5.88. The molecule has 0 saturated carbocycles. The summed E-state index contributed by atoms with van der Waals surface area (Å²) >= 11 is 6.91. The minimum absolute atomic E-state index is 0.0461. The Kier molecular flexibility index (Phi) is 2.83. The van der Waals surface area contributed by atoms with Crippen LogP contribution < -0.4 is 5.32 Å². The first kappa shape index (κ1) is 12.9. The van der Waals surface area contributed by atoms with Crippen molar-refractivity contribution in [2.75, 3.05) is 0 Å². The van der Waals surface area contributed by atoms with E-state index in [1.807, 2.05) is 24.3 Å². The molecule has 0 spiro atoms. The normalized spacial score (nSPS) is 30.4. The third kappa shape index (κ3) is 1.82. The number of nitrogens with one attached hydrogen (secondary N) is 1. The third-order valence-corrected chi connectivity index (χ3v) is 5.34. The Balaban J connectivity index is 1.91. The predicted octanol–water partition coefficient (Wildman–Crippen LogP) is 3.75. The number of rotatable bonds is 1. The van der Waals surface area contributed by atoms with Crippen LogP contribution in [0, 0.1) is 5.92 Å². The van der Waals surface area contributed by atoms with Crippen LogP contribution in [0.2, 0.25) is 0 Å². The summed E-state index contributed by atoms with van der Waals surface area (Å²) in [6.07, 6.45) is 1.38. The molecule has 2 aromatic carbocycles. The number of halogens is 1. The molecular formula is C18H16ClNO. The molecule has 4 rings (SSSR count). The van der Waals surface area contributed by atoms with Crippen LogP contribution in [0.5, 0.6) is 0 Å². The van der Waals surface area contributed by atoms with Gasteiger partial charge < -0.3 is 5.32 Å². The van der Waals surface area contributed by atoms with Crippen LogP contribution in [-0.2, 0) is 9.79 Å². The van der Waals surface area contributed by atoms with Gasteiger partial charge in [0.15, 0.2) is 0 Å². The van der Waals surface area contributed by atoms with Crippen LogP contribution >= 0.6 is 11.6 Å². The molecule has 0 bridgehead atoms. The van der Waals surface area contributed by atoms with Gasteiger partial charge in [-0.1, -0.05) is 66.2 Å². The van der Waals surface area contributed by atoms with Gasteiger partial charge in [0.2, 0.25) is 5.91 Å². The summed E-state index contributed by atoms with van der Waals surface area (Å²) in [5, 5.41) is 3.04. The smallest absolute Gasteiger partial charge is 0.221 e. The van der Waals surface area contributed by atoms with Crippen molar-refractivity contribution in [3.8, 4) is 0 Å². The topological polar surface area (TPSA) is 29.1 Å². The molecular weight excluding hydrogens is 282 g/mol. The van der Waals surface area contributed by atoms with Crippen molar-refractivity contribution >= 4 is 17.5 Å². The standard InChI is InChI=1S/C18H16ClNO/c19-18-14-9-5-4-8-13(14)17(12-6-2-1-3-7-12)15(18)10-11-16(21)20-18/h1-9,15,17H,10-11H2,(H,20,21). The van der Waals surface area contributed by atoms with E-state index in [4.69, 9.17) is 11.6 Å². The summed E-state index contributed by atoms with van der Waals surface area (Å²) in [5.41, 5.74) is 3.57. The van der Waals surface area contributed by atoms with E-state index in [9.17, 15) is 4.79 Å². The van der Waals surface area contributed by atoms with E-state index in [1.165, 1.54) is 11.1 Å². The number of fused-ring (bicyclic) bond motifs is 3. The van der Waals surface area contributed by atoms with Crippen LogP contribution in [-0.4, -0.2) is 5.91 Å². The zero-order chi connectivity index (χ0) is 14.4. The summed E-state index contributed by atoms with van der Waals surface area (Å²) in [6, 6.07) is 18.7. The zero-order valence-corrected chi connectivity index (χ0v) is 12.3. The van der Waals surface area contributed by atoms with Gasteiger partial charge in [0.25, 0.3) is 0 Å². The lowest BCUT2D eigenvalue weighted by atomic mass is 9.80. The second kappa shape index (κ2) is 4.60. The average Bonchev–Trinajstić information content (AvgIpc) is 2.76. The van der Waals surface area contributed by atoms with E-state index < -0.39 is 5.00 Å². The Morgan fingerprint density at radius 1 is 1.05 bits per heavy atom. The lowest BCUT2D eigenvalue weighted by Gasteiger charge is -2.37. The van der Waals surface area contributed by atoms with Gasteiger partial charge in [-0.05, 0) is 23.1 Å². The van der Waals surface area contributed by atoms with Crippen molar-refractivity contribution in [1.29, 1.82) is 0 Å². The van der Waals surface area contributed by atoms with Crippen LogP contribution in [0.15, 0.2) is 54.6 Å². The molecule has 1 fully saturated rings. The van der Waals surface area contributed by atoms with Gasteiger partial charge in [0, 0.05) is 18.3 Å². The number of carbonyl (C=O) groups is 1. The van der Waals surface area contributed by atoms with E-state index in [0.717, 1.165) is 12.0 Å². The average molecular weight is 298 g/mol. The number of amides is 1. The van der Waals surface area contributed by atoms with Gasteiger partial charge in [0.05, 0.1) is 0 Å². The molecule has 1 heterocycles. The Hall–Kier alpha value is -1.80. The van der Waals surface area contributed by atoms with Crippen molar-refractivity contribution in [2.45, 2.75) is 23.8 Å². The van der Waals surface area contributed by atoms with Crippen LogP contribution in [0.3, 0.4) is 0 Å². The summed E-state index contributed by atoms with van der Waals surface area (Å²) in [5.74, 6) is 0.502. The van der Waals surface area contributed by atoms with Gasteiger partial charge >= 0.3 is 0 Å². The molecule has 1 saturated heterocycles. The van der Waals surface area contributed by atoms with E-state index in [1.54, 1.807) is 0 Å². The minimum Gasteiger partial charge on any atom is -0.333 e. The maximum Gasteiger partial charge on any atom is 0.221 e. The van der Waals surface area contributed by atoms with Crippen molar-refractivity contribution in [3.05, 3.63) is 71.3 Å².